The van der Waals surface area contributed by atoms with Gasteiger partial charge in [-0.1, -0.05) is 34.1 Å². The van der Waals surface area contributed by atoms with Gasteiger partial charge in [0.05, 0.1) is 16.5 Å². The van der Waals surface area contributed by atoms with E-state index in [1.54, 1.807) is 0 Å². The monoisotopic (exact) mass is 467 g/mol. The van der Waals surface area contributed by atoms with E-state index >= 15 is 0 Å². The van der Waals surface area contributed by atoms with Crippen LogP contribution < -0.4 is 15.4 Å². The molecule has 7 nitrogen and oxygen atoms in total. The lowest BCUT2D eigenvalue weighted by molar-refractivity contribution is -0.991. The number of fused-ring (bicyclic) bond motifs is 1. The van der Waals surface area contributed by atoms with Crippen LogP contribution >= 0.6 is 15.9 Å². The van der Waals surface area contributed by atoms with Crippen LogP contribution in [0.2, 0.25) is 0 Å². The van der Waals surface area contributed by atoms with Gasteiger partial charge in [0.15, 0.2) is 11.1 Å². The van der Waals surface area contributed by atoms with Gasteiger partial charge in [-0.3, -0.25) is 4.79 Å². The first-order chi connectivity index (χ1) is 14.4. The second-order valence-corrected chi connectivity index (χ2v) is 7.33. The van der Waals surface area contributed by atoms with Crippen LogP contribution in [0.1, 0.15) is 10.4 Å². The number of hydrogen-bond acceptors (Lipinski definition) is 6. The zero-order valence-electron chi connectivity index (χ0n) is 15.3. The number of benzene rings is 3. The third kappa shape index (κ3) is 4.03. The van der Waals surface area contributed by atoms with E-state index in [1.807, 2.05) is 24.3 Å². The Morgan fingerprint density at radius 1 is 1.07 bits per heavy atom. The summed E-state index contributed by atoms with van der Waals surface area (Å²) in [5, 5.41) is 19.3. The van der Waals surface area contributed by atoms with Crippen LogP contribution in [0.25, 0.3) is 22.1 Å². The third-order valence-electron chi connectivity index (χ3n) is 4.46. The maximum absolute atomic E-state index is 12.8. The Kier molecular flexibility index (Phi) is 5.47. The molecule has 1 heterocycles. The van der Waals surface area contributed by atoms with Crippen LogP contribution in [0.15, 0.2) is 86.7 Å². The van der Waals surface area contributed by atoms with Crippen LogP contribution in [0, 0.1) is 5.21 Å². The van der Waals surface area contributed by atoms with Gasteiger partial charge in [-0.05, 0) is 35.9 Å². The van der Waals surface area contributed by atoms with Crippen LogP contribution in [0.3, 0.4) is 0 Å². The van der Waals surface area contributed by atoms with Crippen molar-refractivity contribution >= 4 is 38.6 Å². The van der Waals surface area contributed by atoms with E-state index in [-0.39, 0.29) is 28.0 Å². The van der Waals surface area contributed by atoms with Gasteiger partial charge >= 0.3 is 5.97 Å². The number of ether oxygens (including phenoxy) is 1. The van der Waals surface area contributed by atoms with Crippen molar-refractivity contribution in [2.45, 2.75) is 0 Å². The Morgan fingerprint density at radius 3 is 2.57 bits per heavy atom. The second-order valence-electron chi connectivity index (χ2n) is 6.42. The Bertz CT molecular complexity index is 1300. The molecule has 0 spiro atoms. The summed E-state index contributed by atoms with van der Waals surface area (Å²) in [7, 11) is 0. The van der Waals surface area contributed by atoms with Gasteiger partial charge < -0.3 is 14.4 Å². The van der Waals surface area contributed by atoms with Crippen molar-refractivity contribution in [3.8, 4) is 16.9 Å². The average molecular weight is 468 g/mol. The molecule has 0 saturated carbocycles. The molecule has 0 bridgehead atoms. The van der Waals surface area contributed by atoms with E-state index in [9.17, 15) is 14.8 Å². The highest BCUT2D eigenvalue weighted by molar-refractivity contribution is 9.10. The number of carbonyl (C=O) groups is 1. The number of esters is 1. The van der Waals surface area contributed by atoms with E-state index < -0.39 is 11.2 Å². The van der Waals surface area contributed by atoms with Crippen LogP contribution in [-0.4, -0.2) is 11.2 Å². The zero-order valence-corrected chi connectivity index (χ0v) is 16.9. The summed E-state index contributed by atoms with van der Waals surface area (Å²) < 4.78 is 11.8. The molecule has 0 amide bonds. The molecule has 30 heavy (non-hydrogen) atoms. The van der Waals surface area contributed by atoms with Crippen molar-refractivity contribution in [2.24, 2.45) is 0 Å². The molecule has 0 aliphatic rings. The molecule has 4 aromatic rings. The maximum atomic E-state index is 12.8. The van der Waals surface area contributed by atoms with Crippen LogP contribution in [-0.2, 0) is 0 Å². The number of rotatable bonds is 4. The first kappa shape index (κ1) is 20.0. The highest BCUT2D eigenvalue weighted by Gasteiger charge is 2.14. The molecule has 150 valence electrons. The zero-order chi connectivity index (χ0) is 21.3. The molecule has 3 aromatic carbocycles. The fraction of sp³-hybridized carbons (Fsp3) is 0. The minimum absolute atomic E-state index is 0.0190. The predicted octanol–water partition coefficient (Wildman–Crippen LogP) is 3.85. The van der Waals surface area contributed by atoms with Crippen molar-refractivity contribution in [1.29, 1.82) is 0 Å². The minimum atomic E-state index is -1.14. The molecular weight excluding hydrogens is 454 g/mol. The van der Waals surface area contributed by atoms with Gasteiger partial charge in [0.1, 0.15) is 17.6 Å². The predicted molar refractivity (Wildman–Crippen MR) is 113 cm³/mol. The number of quaternary nitrogens is 1. The molecule has 0 fully saturated rings. The van der Waals surface area contributed by atoms with Gasteiger partial charge in [0.25, 0.3) is 0 Å². The smallest absolute Gasteiger partial charge is 0.343 e. The van der Waals surface area contributed by atoms with E-state index in [4.69, 9.17) is 14.4 Å². The van der Waals surface area contributed by atoms with Crippen molar-refractivity contribution in [3.63, 3.8) is 0 Å². The molecule has 0 radical (unpaired) electrons. The lowest BCUT2D eigenvalue weighted by atomic mass is 10.1. The Labute approximate surface area is 178 Å². The van der Waals surface area contributed by atoms with E-state index in [0.717, 1.165) is 10.0 Å². The summed E-state index contributed by atoms with van der Waals surface area (Å²) in [5.41, 5.74) is 1.29. The summed E-state index contributed by atoms with van der Waals surface area (Å²) in [5.74, 6) is -0.543. The molecule has 1 unspecified atom stereocenters. The minimum Gasteiger partial charge on any atom is -0.595 e. The largest absolute Gasteiger partial charge is 0.595 e. The Hall–Kier alpha value is -3.30. The van der Waals surface area contributed by atoms with Crippen molar-refractivity contribution in [1.82, 2.24) is 0 Å². The first-order valence-electron chi connectivity index (χ1n) is 8.79. The topological polar surface area (TPSA) is 104 Å². The summed E-state index contributed by atoms with van der Waals surface area (Å²) in [6, 6.07) is 17.3. The van der Waals surface area contributed by atoms with Gasteiger partial charge in [0, 0.05) is 22.7 Å². The number of halogens is 1. The highest BCUT2D eigenvalue weighted by atomic mass is 79.9. The molecule has 2 N–H and O–H groups in total. The highest BCUT2D eigenvalue weighted by Crippen LogP contribution is 2.25. The fourth-order valence-corrected chi connectivity index (χ4v) is 3.21. The Morgan fingerprint density at radius 2 is 1.83 bits per heavy atom. The lowest BCUT2D eigenvalue weighted by Gasteiger charge is -2.12. The van der Waals surface area contributed by atoms with Crippen molar-refractivity contribution < 1.29 is 24.4 Å². The lowest BCUT2D eigenvalue weighted by Crippen LogP contribution is -2.99. The number of carbonyl (C=O) groups excluding carboxylic acids is 1. The number of nitrogens with one attached hydrogen (secondary N) is 1. The van der Waals surface area contributed by atoms with Gasteiger partial charge in [-0.25, -0.2) is 10.0 Å². The molecule has 4 rings (SSSR count). The summed E-state index contributed by atoms with van der Waals surface area (Å²) >= 11 is 3.36. The SMILES string of the molecule is O=C(Oc1ccc2c(=O)c(-c3ccc(Br)cc3)coc2c1)c1cccc([NH+]([O-])O)c1. The number of hydrogen-bond donors (Lipinski definition) is 2. The molecular formula is C22H14BrNO6. The molecule has 0 saturated heterocycles. The molecule has 0 aliphatic heterocycles. The maximum Gasteiger partial charge on any atom is 0.343 e. The van der Waals surface area contributed by atoms with E-state index in [1.165, 1.54) is 48.7 Å². The standard InChI is InChI=1S/C22H14BrNO6/c23-15-6-4-13(5-7-15)19-12-29-20-11-17(8-9-18(20)21(19)25)30-22(26)14-2-1-3-16(10-14)24(27)28/h1-12,24,27H. The average Bonchev–Trinajstić information content (AvgIpc) is 2.75. The van der Waals surface area contributed by atoms with Crippen molar-refractivity contribution in [2.75, 3.05) is 0 Å². The molecule has 8 heteroatoms. The third-order valence-corrected chi connectivity index (χ3v) is 4.99. The van der Waals surface area contributed by atoms with Gasteiger partial charge in [0.2, 0.25) is 0 Å². The van der Waals surface area contributed by atoms with Crippen LogP contribution in [0.5, 0.6) is 5.75 Å². The molecule has 0 aliphatic carbocycles. The quantitative estimate of drug-likeness (QED) is 0.268. The normalized spacial score (nSPS) is 12.0. The Balaban J connectivity index is 1.63. The van der Waals surface area contributed by atoms with Gasteiger partial charge in [-0.2, -0.15) is 5.23 Å². The van der Waals surface area contributed by atoms with E-state index in [2.05, 4.69) is 15.9 Å². The second kappa shape index (κ2) is 8.21. The fourth-order valence-electron chi connectivity index (χ4n) is 2.95. The molecule has 1 aromatic heterocycles. The summed E-state index contributed by atoms with van der Waals surface area (Å²) in [6.07, 6.45) is 1.37. The van der Waals surface area contributed by atoms with E-state index in [0.29, 0.717) is 10.9 Å². The summed E-state index contributed by atoms with van der Waals surface area (Å²) in [4.78, 5) is 25.2. The van der Waals surface area contributed by atoms with Crippen molar-refractivity contribution in [3.05, 3.63) is 98.5 Å². The summed E-state index contributed by atoms with van der Waals surface area (Å²) in [6.45, 7) is 0. The molecule has 1 atom stereocenters. The van der Waals surface area contributed by atoms with Gasteiger partial charge in [-0.15, -0.1) is 0 Å². The van der Waals surface area contributed by atoms with Crippen LogP contribution in [0.4, 0.5) is 5.69 Å². The first-order valence-corrected chi connectivity index (χ1v) is 9.59.